The van der Waals surface area contributed by atoms with E-state index in [1.807, 2.05) is 36.4 Å². The number of aromatic hydroxyl groups is 1. The maximum absolute atomic E-state index is 12.1. The summed E-state index contributed by atoms with van der Waals surface area (Å²) in [5, 5.41) is 9.68. The van der Waals surface area contributed by atoms with Crippen molar-refractivity contribution >= 4 is 5.97 Å². The summed E-state index contributed by atoms with van der Waals surface area (Å²) in [5.41, 5.74) is 3.31. The molecule has 2 aromatic rings. The van der Waals surface area contributed by atoms with E-state index in [2.05, 4.69) is 4.90 Å². The van der Waals surface area contributed by atoms with Crippen LogP contribution in [0.5, 0.6) is 5.75 Å². The Bertz CT molecular complexity index is 669. The molecule has 0 spiro atoms. The molecule has 1 aliphatic rings. The predicted octanol–water partition coefficient (Wildman–Crippen LogP) is 2.49. The van der Waals surface area contributed by atoms with Crippen molar-refractivity contribution < 1.29 is 14.6 Å². The number of carbonyl (C=O) groups is 1. The Kier molecular flexibility index (Phi) is 4.11. The normalized spacial score (nSPS) is 17.8. The van der Waals surface area contributed by atoms with Gasteiger partial charge in [-0.05, 0) is 35.2 Å². The number of esters is 1. The highest BCUT2D eigenvalue weighted by atomic mass is 16.5. The van der Waals surface area contributed by atoms with E-state index in [0.29, 0.717) is 19.5 Å². The number of carbonyl (C=O) groups excluding carboxylic acids is 1. The Labute approximate surface area is 130 Å². The van der Waals surface area contributed by atoms with E-state index < -0.39 is 0 Å². The van der Waals surface area contributed by atoms with Crippen LogP contribution in [0, 0.1) is 0 Å². The number of hydrogen-bond acceptors (Lipinski definition) is 4. The van der Waals surface area contributed by atoms with Gasteiger partial charge in [-0.25, -0.2) is 0 Å². The number of phenolic OH excluding ortho intramolecular Hbond substituents is 1. The van der Waals surface area contributed by atoms with Crippen LogP contribution in [0.1, 0.15) is 16.7 Å². The van der Waals surface area contributed by atoms with Gasteiger partial charge >= 0.3 is 5.97 Å². The molecule has 1 N–H and O–H groups in total. The molecule has 0 unspecified atom stereocenters. The van der Waals surface area contributed by atoms with Crippen molar-refractivity contribution in [3.63, 3.8) is 0 Å². The molecule has 0 amide bonds. The Morgan fingerprint density at radius 1 is 1.23 bits per heavy atom. The molecule has 2 aromatic carbocycles. The second-order valence-electron chi connectivity index (χ2n) is 5.59. The summed E-state index contributed by atoms with van der Waals surface area (Å²) in [5.74, 6) is 0.0459. The third-order valence-electron chi connectivity index (χ3n) is 4.12. The minimum atomic E-state index is -0.290. The van der Waals surface area contributed by atoms with Crippen LogP contribution in [0.3, 0.4) is 0 Å². The van der Waals surface area contributed by atoms with Crippen molar-refractivity contribution in [1.82, 2.24) is 4.90 Å². The van der Waals surface area contributed by atoms with Crippen LogP contribution < -0.4 is 0 Å². The van der Waals surface area contributed by atoms with Gasteiger partial charge in [0.05, 0.1) is 7.11 Å². The minimum Gasteiger partial charge on any atom is -0.508 e. The molecule has 0 aliphatic carbocycles. The molecule has 0 saturated carbocycles. The van der Waals surface area contributed by atoms with Crippen LogP contribution in [0.15, 0.2) is 48.5 Å². The Balaban J connectivity index is 1.89. The first-order valence-electron chi connectivity index (χ1n) is 7.34. The largest absolute Gasteiger partial charge is 0.508 e. The second kappa shape index (κ2) is 6.20. The van der Waals surface area contributed by atoms with Crippen molar-refractivity contribution in [2.24, 2.45) is 0 Å². The third-order valence-corrected chi connectivity index (χ3v) is 4.12. The van der Waals surface area contributed by atoms with Gasteiger partial charge in [-0.2, -0.15) is 0 Å². The molecular weight excluding hydrogens is 278 g/mol. The number of rotatable bonds is 3. The molecule has 0 saturated heterocycles. The molecule has 1 atom stereocenters. The summed E-state index contributed by atoms with van der Waals surface area (Å²) < 4.78 is 4.97. The third kappa shape index (κ3) is 2.97. The molecule has 0 radical (unpaired) electrons. The lowest BCUT2D eigenvalue weighted by Crippen LogP contribution is -2.45. The maximum Gasteiger partial charge on any atom is 0.323 e. The SMILES string of the molecule is COC(=O)[C@@H]1Cc2ccc(O)cc2CN1Cc1ccccc1. The van der Waals surface area contributed by atoms with Crippen molar-refractivity contribution in [3.05, 3.63) is 65.2 Å². The standard InChI is InChI=1S/C18H19NO3/c1-22-18(21)17-10-14-7-8-16(20)9-15(14)12-19(17)11-13-5-3-2-4-6-13/h2-9,17,20H,10-12H2,1H3/t17-/m0/s1. The number of hydrogen-bond donors (Lipinski definition) is 1. The average Bonchev–Trinajstić information content (AvgIpc) is 2.54. The molecule has 1 heterocycles. The van der Waals surface area contributed by atoms with E-state index in [-0.39, 0.29) is 17.8 Å². The maximum atomic E-state index is 12.1. The molecule has 22 heavy (non-hydrogen) atoms. The number of fused-ring (bicyclic) bond motifs is 1. The van der Waals surface area contributed by atoms with Crippen molar-refractivity contribution in [3.8, 4) is 5.75 Å². The minimum absolute atomic E-state index is 0.213. The van der Waals surface area contributed by atoms with Crippen molar-refractivity contribution in [2.75, 3.05) is 7.11 Å². The Morgan fingerprint density at radius 3 is 2.73 bits per heavy atom. The monoisotopic (exact) mass is 297 g/mol. The first-order valence-corrected chi connectivity index (χ1v) is 7.34. The smallest absolute Gasteiger partial charge is 0.323 e. The lowest BCUT2D eigenvalue weighted by atomic mass is 9.93. The van der Waals surface area contributed by atoms with Crippen LogP contribution in [0.25, 0.3) is 0 Å². The van der Waals surface area contributed by atoms with Gasteiger partial charge in [-0.15, -0.1) is 0 Å². The van der Waals surface area contributed by atoms with Gasteiger partial charge in [0.1, 0.15) is 11.8 Å². The number of nitrogens with zero attached hydrogens (tertiary/aromatic N) is 1. The van der Waals surface area contributed by atoms with Gasteiger partial charge in [-0.1, -0.05) is 36.4 Å². The van der Waals surface area contributed by atoms with E-state index >= 15 is 0 Å². The molecule has 0 fully saturated rings. The topological polar surface area (TPSA) is 49.8 Å². The lowest BCUT2D eigenvalue weighted by molar-refractivity contribution is -0.147. The summed E-state index contributed by atoms with van der Waals surface area (Å²) in [6, 6.07) is 15.1. The highest BCUT2D eigenvalue weighted by Crippen LogP contribution is 2.28. The summed E-state index contributed by atoms with van der Waals surface area (Å²) in [4.78, 5) is 14.2. The average molecular weight is 297 g/mol. The second-order valence-corrected chi connectivity index (χ2v) is 5.59. The molecule has 4 nitrogen and oxygen atoms in total. The zero-order chi connectivity index (χ0) is 15.5. The van der Waals surface area contributed by atoms with Gasteiger partial charge in [0.25, 0.3) is 0 Å². The summed E-state index contributed by atoms with van der Waals surface area (Å²) in [6.07, 6.45) is 0.606. The fourth-order valence-corrected chi connectivity index (χ4v) is 2.98. The zero-order valence-corrected chi connectivity index (χ0v) is 12.5. The van der Waals surface area contributed by atoms with Crippen LogP contribution in [0.4, 0.5) is 0 Å². The summed E-state index contributed by atoms with van der Waals surface area (Å²) in [7, 11) is 1.43. The van der Waals surface area contributed by atoms with Gasteiger partial charge in [-0.3, -0.25) is 9.69 Å². The van der Waals surface area contributed by atoms with Crippen molar-refractivity contribution in [2.45, 2.75) is 25.6 Å². The number of methoxy groups -OCH3 is 1. The van der Waals surface area contributed by atoms with Gasteiger partial charge in [0.2, 0.25) is 0 Å². The molecule has 0 bridgehead atoms. The zero-order valence-electron chi connectivity index (χ0n) is 12.5. The highest BCUT2D eigenvalue weighted by molar-refractivity contribution is 5.76. The summed E-state index contributed by atoms with van der Waals surface area (Å²) in [6.45, 7) is 1.30. The van der Waals surface area contributed by atoms with E-state index in [4.69, 9.17) is 4.74 Å². The number of phenols is 1. The number of ether oxygens (including phenoxy) is 1. The molecule has 1 aliphatic heterocycles. The Morgan fingerprint density at radius 2 is 2.00 bits per heavy atom. The first kappa shape index (κ1) is 14.6. The van der Waals surface area contributed by atoms with E-state index in [1.54, 1.807) is 12.1 Å². The van der Waals surface area contributed by atoms with Crippen LogP contribution in [-0.2, 0) is 29.0 Å². The molecule has 3 rings (SSSR count). The van der Waals surface area contributed by atoms with Gasteiger partial charge in [0, 0.05) is 13.1 Å². The fraction of sp³-hybridized carbons (Fsp3) is 0.278. The van der Waals surface area contributed by atoms with E-state index in [0.717, 1.165) is 16.7 Å². The molecule has 0 aromatic heterocycles. The quantitative estimate of drug-likeness (QED) is 0.884. The fourth-order valence-electron chi connectivity index (χ4n) is 2.98. The van der Waals surface area contributed by atoms with Crippen LogP contribution >= 0.6 is 0 Å². The molecule has 114 valence electrons. The molecular formula is C18H19NO3. The van der Waals surface area contributed by atoms with Crippen LogP contribution in [0.2, 0.25) is 0 Å². The number of benzene rings is 2. The first-order chi connectivity index (χ1) is 10.7. The summed E-state index contributed by atoms with van der Waals surface area (Å²) >= 11 is 0. The predicted molar refractivity (Wildman–Crippen MR) is 83.3 cm³/mol. The van der Waals surface area contributed by atoms with Crippen LogP contribution in [-0.4, -0.2) is 29.1 Å². The Hall–Kier alpha value is -2.33. The highest BCUT2D eigenvalue weighted by Gasteiger charge is 2.32. The molecule has 4 heteroatoms. The van der Waals surface area contributed by atoms with Gasteiger partial charge < -0.3 is 9.84 Å². The van der Waals surface area contributed by atoms with Gasteiger partial charge in [0.15, 0.2) is 0 Å². The van der Waals surface area contributed by atoms with E-state index in [9.17, 15) is 9.90 Å². The van der Waals surface area contributed by atoms with Crippen molar-refractivity contribution in [1.29, 1.82) is 0 Å². The van der Waals surface area contributed by atoms with E-state index in [1.165, 1.54) is 7.11 Å². The lowest BCUT2D eigenvalue weighted by Gasteiger charge is -2.35.